The van der Waals surface area contributed by atoms with Gasteiger partial charge in [-0.2, -0.15) is 5.26 Å². The molecule has 15 heavy (non-hydrogen) atoms. The van der Waals surface area contributed by atoms with Gasteiger partial charge in [-0.3, -0.25) is 0 Å². The first-order chi connectivity index (χ1) is 7.17. The predicted octanol–water partition coefficient (Wildman–Crippen LogP) is 2.39. The van der Waals surface area contributed by atoms with Gasteiger partial charge in [0, 0.05) is 6.04 Å². The summed E-state index contributed by atoms with van der Waals surface area (Å²) < 4.78 is 5.45. The average Bonchev–Trinajstić information content (AvgIpc) is 2.26. The summed E-state index contributed by atoms with van der Waals surface area (Å²) in [5.41, 5.74) is 6.79. The van der Waals surface area contributed by atoms with E-state index in [1.807, 2.05) is 38.1 Å². The molecule has 80 valence electrons. The average molecular weight is 204 g/mol. The summed E-state index contributed by atoms with van der Waals surface area (Å²) in [5.74, 6) is 0.716. The highest BCUT2D eigenvalue weighted by molar-refractivity contribution is 5.29. The van der Waals surface area contributed by atoms with Gasteiger partial charge >= 0.3 is 0 Å². The van der Waals surface area contributed by atoms with Crippen molar-refractivity contribution in [1.29, 1.82) is 5.26 Å². The first-order valence-corrected chi connectivity index (χ1v) is 5.09. The zero-order valence-corrected chi connectivity index (χ0v) is 9.10. The molecule has 0 fully saturated rings. The van der Waals surface area contributed by atoms with Crippen molar-refractivity contribution in [3.8, 4) is 11.8 Å². The number of benzene rings is 1. The Morgan fingerprint density at radius 1 is 1.40 bits per heavy atom. The maximum Gasteiger partial charge on any atom is 0.184 e. The van der Waals surface area contributed by atoms with Gasteiger partial charge in [0.15, 0.2) is 6.10 Å². The van der Waals surface area contributed by atoms with Crippen LogP contribution in [0.5, 0.6) is 5.75 Å². The van der Waals surface area contributed by atoms with Crippen LogP contribution in [-0.2, 0) is 0 Å². The lowest BCUT2D eigenvalue weighted by atomic mass is 10.1. The van der Waals surface area contributed by atoms with Gasteiger partial charge in [0.1, 0.15) is 11.8 Å². The highest BCUT2D eigenvalue weighted by atomic mass is 16.5. The number of nitriles is 1. The van der Waals surface area contributed by atoms with Gasteiger partial charge in [-0.25, -0.2) is 0 Å². The maximum atomic E-state index is 8.74. The molecule has 0 aliphatic heterocycles. The van der Waals surface area contributed by atoms with Gasteiger partial charge in [-0.1, -0.05) is 19.1 Å². The van der Waals surface area contributed by atoms with Crippen molar-refractivity contribution >= 4 is 0 Å². The molecule has 0 heterocycles. The third kappa shape index (κ3) is 3.26. The lowest BCUT2D eigenvalue weighted by Crippen LogP contribution is -2.12. The Labute approximate surface area is 90.5 Å². The Balaban J connectivity index is 2.69. The number of rotatable bonds is 4. The number of hydrogen-bond acceptors (Lipinski definition) is 3. The molecule has 2 atom stereocenters. The van der Waals surface area contributed by atoms with E-state index in [-0.39, 0.29) is 12.1 Å². The molecular weight excluding hydrogens is 188 g/mol. The van der Waals surface area contributed by atoms with E-state index in [1.54, 1.807) is 0 Å². The minimum atomic E-state index is -0.369. The number of ether oxygens (including phenoxy) is 1. The molecule has 3 heteroatoms. The zero-order valence-electron chi connectivity index (χ0n) is 9.10. The molecule has 0 aliphatic carbocycles. The minimum absolute atomic E-state index is 0.0250. The molecule has 1 aromatic carbocycles. The Morgan fingerprint density at radius 3 is 2.40 bits per heavy atom. The van der Waals surface area contributed by atoms with Gasteiger partial charge in [0.05, 0.1) is 0 Å². The van der Waals surface area contributed by atoms with Crippen LogP contribution in [0.3, 0.4) is 0 Å². The van der Waals surface area contributed by atoms with E-state index < -0.39 is 0 Å². The third-order valence-corrected chi connectivity index (χ3v) is 2.20. The summed E-state index contributed by atoms with van der Waals surface area (Å²) in [6.45, 7) is 3.85. The second kappa shape index (κ2) is 5.38. The highest BCUT2D eigenvalue weighted by Gasteiger charge is 2.06. The van der Waals surface area contributed by atoms with E-state index in [0.717, 1.165) is 5.56 Å². The zero-order chi connectivity index (χ0) is 11.3. The number of nitrogens with zero attached hydrogens (tertiary/aromatic N) is 1. The Kier molecular flexibility index (Phi) is 4.14. The summed E-state index contributed by atoms with van der Waals surface area (Å²) in [5, 5.41) is 8.74. The summed E-state index contributed by atoms with van der Waals surface area (Å²) in [7, 11) is 0. The van der Waals surface area contributed by atoms with Crippen LogP contribution < -0.4 is 10.5 Å². The lowest BCUT2D eigenvalue weighted by Gasteiger charge is -2.11. The van der Waals surface area contributed by atoms with Crippen LogP contribution in [0.1, 0.15) is 31.9 Å². The lowest BCUT2D eigenvalue weighted by molar-refractivity contribution is 0.252. The van der Waals surface area contributed by atoms with Crippen molar-refractivity contribution in [2.45, 2.75) is 32.4 Å². The molecule has 0 radical (unpaired) electrons. The fourth-order valence-electron chi connectivity index (χ4n) is 1.22. The molecule has 2 N–H and O–H groups in total. The van der Waals surface area contributed by atoms with Crippen molar-refractivity contribution in [2.75, 3.05) is 0 Å². The van der Waals surface area contributed by atoms with Crippen LogP contribution in [0.25, 0.3) is 0 Å². The first kappa shape index (κ1) is 11.5. The van der Waals surface area contributed by atoms with Crippen LogP contribution in [-0.4, -0.2) is 6.10 Å². The standard InChI is InChI=1S/C12H16N2O/c1-3-11(8-13)15-12-6-4-10(5-7-12)9(2)14/h4-7,9,11H,3,14H2,1-2H3/t9-,11?/m0/s1. The molecule has 0 saturated carbocycles. The van der Waals surface area contributed by atoms with Crippen LogP contribution >= 0.6 is 0 Å². The normalized spacial score (nSPS) is 14.0. The second-order valence-electron chi connectivity index (χ2n) is 3.50. The minimum Gasteiger partial charge on any atom is -0.476 e. The number of nitrogens with two attached hydrogens (primary N) is 1. The molecule has 0 bridgehead atoms. The largest absolute Gasteiger partial charge is 0.476 e. The summed E-state index contributed by atoms with van der Waals surface area (Å²) >= 11 is 0. The van der Waals surface area contributed by atoms with Crippen LogP contribution in [0.15, 0.2) is 24.3 Å². The number of hydrogen-bond donors (Lipinski definition) is 1. The van der Waals surface area contributed by atoms with E-state index in [9.17, 15) is 0 Å². The molecule has 0 saturated heterocycles. The summed E-state index contributed by atoms with van der Waals surface area (Å²) in [6, 6.07) is 9.65. The highest BCUT2D eigenvalue weighted by Crippen LogP contribution is 2.17. The molecule has 0 aromatic heterocycles. The van der Waals surface area contributed by atoms with Crippen molar-refractivity contribution in [3.05, 3.63) is 29.8 Å². The van der Waals surface area contributed by atoms with Gasteiger partial charge < -0.3 is 10.5 Å². The monoisotopic (exact) mass is 204 g/mol. The Hall–Kier alpha value is -1.53. The summed E-state index contributed by atoms with van der Waals surface area (Å²) in [4.78, 5) is 0. The van der Waals surface area contributed by atoms with Gasteiger partial charge in [-0.05, 0) is 31.0 Å². The van der Waals surface area contributed by atoms with Crippen molar-refractivity contribution in [2.24, 2.45) is 5.73 Å². The van der Waals surface area contributed by atoms with E-state index >= 15 is 0 Å². The van der Waals surface area contributed by atoms with E-state index in [0.29, 0.717) is 12.2 Å². The molecule has 0 amide bonds. The molecule has 3 nitrogen and oxygen atoms in total. The summed E-state index contributed by atoms with van der Waals surface area (Å²) in [6.07, 6.45) is 0.317. The fourth-order valence-corrected chi connectivity index (χ4v) is 1.22. The van der Waals surface area contributed by atoms with Crippen LogP contribution in [0, 0.1) is 11.3 Å². The SMILES string of the molecule is CCC(C#N)Oc1ccc([C@H](C)N)cc1. The first-order valence-electron chi connectivity index (χ1n) is 5.09. The molecular formula is C12H16N2O. The predicted molar refractivity (Wildman–Crippen MR) is 59.4 cm³/mol. The maximum absolute atomic E-state index is 8.74. The fraction of sp³-hybridized carbons (Fsp3) is 0.417. The molecule has 1 aromatic rings. The van der Waals surface area contributed by atoms with Gasteiger partial charge in [0.2, 0.25) is 0 Å². The van der Waals surface area contributed by atoms with Crippen molar-refractivity contribution in [1.82, 2.24) is 0 Å². The quantitative estimate of drug-likeness (QED) is 0.819. The van der Waals surface area contributed by atoms with E-state index in [2.05, 4.69) is 6.07 Å². The Bertz CT molecular complexity index is 338. The van der Waals surface area contributed by atoms with Crippen LogP contribution in [0.2, 0.25) is 0 Å². The molecule has 1 unspecified atom stereocenters. The molecule has 1 rings (SSSR count). The second-order valence-corrected chi connectivity index (χ2v) is 3.50. The van der Waals surface area contributed by atoms with E-state index in [1.165, 1.54) is 0 Å². The third-order valence-electron chi connectivity index (χ3n) is 2.20. The molecule has 0 aliphatic rings. The van der Waals surface area contributed by atoms with Crippen molar-refractivity contribution < 1.29 is 4.74 Å². The van der Waals surface area contributed by atoms with E-state index in [4.69, 9.17) is 15.7 Å². The van der Waals surface area contributed by atoms with Gasteiger partial charge in [0.25, 0.3) is 0 Å². The Morgan fingerprint density at radius 2 is 2.00 bits per heavy atom. The van der Waals surface area contributed by atoms with Crippen molar-refractivity contribution in [3.63, 3.8) is 0 Å². The van der Waals surface area contributed by atoms with Crippen LogP contribution in [0.4, 0.5) is 0 Å². The van der Waals surface area contributed by atoms with Gasteiger partial charge in [-0.15, -0.1) is 0 Å². The molecule has 0 spiro atoms. The topological polar surface area (TPSA) is 59.0 Å². The smallest absolute Gasteiger partial charge is 0.184 e.